The minimum atomic E-state index is -0.427. The number of halogens is 2. The Hall–Kier alpha value is -2.28. The second-order valence-corrected chi connectivity index (χ2v) is 9.54. The van der Waals surface area contributed by atoms with Crippen molar-refractivity contribution in [2.24, 2.45) is 0 Å². The summed E-state index contributed by atoms with van der Waals surface area (Å²) in [5.41, 5.74) is 2.17. The molecule has 0 saturated carbocycles. The molecule has 1 aliphatic carbocycles. The lowest BCUT2D eigenvalue weighted by atomic mass is 9.95. The Balaban J connectivity index is 1.60. The molecule has 162 valence electrons. The van der Waals surface area contributed by atoms with Gasteiger partial charge in [0.15, 0.2) is 5.76 Å². The van der Waals surface area contributed by atoms with Crippen LogP contribution in [0, 0.1) is 0 Å². The molecule has 0 aliphatic heterocycles. The summed E-state index contributed by atoms with van der Waals surface area (Å²) >= 11 is 13.5. The Morgan fingerprint density at radius 2 is 1.87 bits per heavy atom. The molecule has 4 rings (SSSR count). The molecular weight excluding hydrogens is 457 g/mol. The van der Waals surface area contributed by atoms with Gasteiger partial charge in [-0.1, -0.05) is 23.2 Å². The van der Waals surface area contributed by atoms with Gasteiger partial charge in [0.1, 0.15) is 10.8 Å². The van der Waals surface area contributed by atoms with Crippen molar-refractivity contribution in [1.82, 2.24) is 0 Å². The molecule has 0 radical (unpaired) electrons. The first-order chi connectivity index (χ1) is 14.8. The van der Waals surface area contributed by atoms with Gasteiger partial charge >= 0.3 is 5.97 Å². The highest BCUT2D eigenvalue weighted by Crippen LogP contribution is 2.39. The summed E-state index contributed by atoms with van der Waals surface area (Å²) in [7, 11) is 0. The monoisotopic (exact) mass is 477 g/mol. The van der Waals surface area contributed by atoms with Gasteiger partial charge in [0.25, 0.3) is 5.91 Å². The molecule has 0 bridgehead atoms. The summed E-state index contributed by atoms with van der Waals surface area (Å²) in [6.07, 6.45) is 3.57. The predicted octanol–water partition coefficient (Wildman–Crippen LogP) is 7.01. The lowest BCUT2D eigenvalue weighted by Gasteiger charge is -2.14. The molecule has 2 heterocycles. The van der Waals surface area contributed by atoms with Crippen LogP contribution in [0.2, 0.25) is 10.0 Å². The minimum absolute atomic E-state index is 0.135. The van der Waals surface area contributed by atoms with Crippen LogP contribution in [-0.4, -0.2) is 18.0 Å². The molecule has 3 aromatic rings. The molecular formula is C23H21Cl2NO4S. The van der Waals surface area contributed by atoms with Crippen LogP contribution < -0.4 is 5.32 Å². The Morgan fingerprint density at radius 3 is 2.61 bits per heavy atom. The number of benzene rings is 1. The van der Waals surface area contributed by atoms with Crippen molar-refractivity contribution in [1.29, 1.82) is 0 Å². The van der Waals surface area contributed by atoms with E-state index < -0.39 is 11.9 Å². The van der Waals surface area contributed by atoms with E-state index in [2.05, 4.69) is 5.32 Å². The van der Waals surface area contributed by atoms with Gasteiger partial charge in [-0.25, -0.2) is 4.79 Å². The van der Waals surface area contributed by atoms with Gasteiger partial charge in [-0.3, -0.25) is 4.79 Å². The van der Waals surface area contributed by atoms with Crippen LogP contribution in [0.25, 0.3) is 11.3 Å². The van der Waals surface area contributed by atoms with Crippen LogP contribution in [0.4, 0.5) is 5.00 Å². The molecule has 1 aliphatic rings. The second kappa shape index (κ2) is 9.07. The molecule has 0 unspecified atom stereocenters. The zero-order chi connectivity index (χ0) is 22.1. The summed E-state index contributed by atoms with van der Waals surface area (Å²) in [6, 6.07) is 8.40. The number of thiophene rings is 1. The fraction of sp³-hybridized carbons (Fsp3) is 0.304. The average Bonchev–Trinajstić information content (AvgIpc) is 3.34. The number of anilines is 1. The fourth-order valence-corrected chi connectivity index (χ4v) is 5.14. The summed E-state index contributed by atoms with van der Waals surface area (Å²) in [5, 5.41) is 4.21. The van der Waals surface area contributed by atoms with Crippen LogP contribution in [0.1, 0.15) is 58.0 Å². The quantitative estimate of drug-likeness (QED) is 0.401. The van der Waals surface area contributed by atoms with Crippen LogP contribution in [0.3, 0.4) is 0 Å². The number of hydrogen-bond donors (Lipinski definition) is 1. The molecule has 5 nitrogen and oxygen atoms in total. The third-order valence-corrected chi connectivity index (χ3v) is 6.93. The zero-order valence-electron chi connectivity index (χ0n) is 17.1. The first-order valence-electron chi connectivity index (χ1n) is 10.1. The van der Waals surface area contributed by atoms with Crippen molar-refractivity contribution in [2.75, 3.05) is 5.32 Å². The average molecular weight is 478 g/mol. The molecule has 8 heteroatoms. The van der Waals surface area contributed by atoms with Gasteiger partial charge in [-0.15, -0.1) is 11.3 Å². The predicted molar refractivity (Wildman–Crippen MR) is 124 cm³/mol. The first kappa shape index (κ1) is 21.9. The van der Waals surface area contributed by atoms with Gasteiger partial charge in [-0.05, 0) is 75.4 Å². The van der Waals surface area contributed by atoms with E-state index in [0.717, 1.165) is 36.1 Å². The Labute approximate surface area is 194 Å². The van der Waals surface area contributed by atoms with E-state index in [1.165, 1.54) is 11.3 Å². The number of nitrogens with one attached hydrogen (secondary N) is 1. The van der Waals surface area contributed by atoms with E-state index in [1.807, 2.05) is 13.8 Å². The highest BCUT2D eigenvalue weighted by atomic mass is 35.5. The number of fused-ring (bicyclic) bond motifs is 1. The number of ether oxygens (including phenoxy) is 1. The van der Waals surface area contributed by atoms with Crippen LogP contribution in [0.15, 0.2) is 34.7 Å². The van der Waals surface area contributed by atoms with Crippen molar-refractivity contribution < 1.29 is 18.7 Å². The van der Waals surface area contributed by atoms with E-state index in [0.29, 0.717) is 31.9 Å². The summed E-state index contributed by atoms with van der Waals surface area (Å²) in [5.74, 6) is -0.201. The standard InChI is InChI=1S/C23H21Cl2NO4S/c1-12(2)29-23(28)20-14-5-3-4-6-19(14)31-22(20)26-21(27)18-10-9-17(30-18)13-7-8-15(24)16(25)11-13/h7-12H,3-6H2,1-2H3,(H,26,27). The Morgan fingerprint density at radius 1 is 1.10 bits per heavy atom. The van der Waals surface area contributed by atoms with Gasteiger partial charge in [0, 0.05) is 10.4 Å². The highest BCUT2D eigenvalue weighted by Gasteiger charge is 2.28. The lowest BCUT2D eigenvalue weighted by molar-refractivity contribution is 0.0378. The number of hydrogen-bond acceptors (Lipinski definition) is 5. The molecule has 0 saturated heterocycles. The highest BCUT2D eigenvalue weighted by molar-refractivity contribution is 7.17. The van der Waals surface area contributed by atoms with Crippen molar-refractivity contribution in [3.05, 3.63) is 62.1 Å². The van der Waals surface area contributed by atoms with E-state index in [4.69, 9.17) is 32.4 Å². The van der Waals surface area contributed by atoms with Gasteiger partial charge < -0.3 is 14.5 Å². The molecule has 1 amide bonds. The summed E-state index contributed by atoms with van der Waals surface area (Å²) in [4.78, 5) is 26.8. The molecule has 2 aromatic heterocycles. The maximum absolute atomic E-state index is 12.9. The summed E-state index contributed by atoms with van der Waals surface area (Å²) < 4.78 is 11.2. The van der Waals surface area contributed by atoms with Crippen molar-refractivity contribution in [3.8, 4) is 11.3 Å². The van der Waals surface area contributed by atoms with Crippen molar-refractivity contribution in [3.63, 3.8) is 0 Å². The number of carbonyl (C=O) groups excluding carboxylic acids is 2. The molecule has 0 atom stereocenters. The Kier molecular flexibility index (Phi) is 6.42. The first-order valence-corrected chi connectivity index (χ1v) is 11.6. The third-order valence-electron chi connectivity index (χ3n) is 4.98. The van der Waals surface area contributed by atoms with E-state index in [-0.39, 0.29) is 11.9 Å². The smallest absolute Gasteiger partial charge is 0.341 e. The van der Waals surface area contributed by atoms with E-state index >= 15 is 0 Å². The molecule has 1 aromatic carbocycles. The van der Waals surface area contributed by atoms with Gasteiger partial charge in [0.2, 0.25) is 0 Å². The number of amides is 1. The van der Waals surface area contributed by atoms with Crippen LogP contribution in [-0.2, 0) is 17.6 Å². The maximum Gasteiger partial charge on any atom is 0.341 e. The number of aryl methyl sites for hydroxylation is 1. The number of furan rings is 1. The SMILES string of the molecule is CC(C)OC(=O)c1c(NC(=O)c2ccc(-c3ccc(Cl)c(Cl)c3)o2)sc2c1CCCC2. The van der Waals surface area contributed by atoms with Crippen LogP contribution >= 0.6 is 34.5 Å². The number of rotatable bonds is 5. The normalized spacial score (nSPS) is 13.2. The minimum Gasteiger partial charge on any atom is -0.459 e. The largest absolute Gasteiger partial charge is 0.459 e. The zero-order valence-corrected chi connectivity index (χ0v) is 19.4. The summed E-state index contributed by atoms with van der Waals surface area (Å²) in [6.45, 7) is 3.62. The molecule has 0 spiro atoms. The van der Waals surface area contributed by atoms with Crippen molar-refractivity contribution >= 4 is 51.4 Å². The van der Waals surface area contributed by atoms with E-state index in [1.54, 1.807) is 30.3 Å². The van der Waals surface area contributed by atoms with Crippen LogP contribution in [0.5, 0.6) is 0 Å². The van der Waals surface area contributed by atoms with Gasteiger partial charge in [0.05, 0.1) is 21.7 Å². The van der Waals surface area contributed by atoms with Crippen molar-refractivity contribution in [2.45, 2.75) is 45.6 Å². The second-order valence-electron chi connectivity index (χ2n) is 7.62. The number of carbonyl (C=O) groups is 2. The Bertz CT molecular complexity index is 1150. The third kappa shape index (κ3) is 4.66. The number of esters is 1. The molecule has 0 fully saturated rings. The molecule has 31 heavy (non-hydrogen) atoms. The van der Waals surface area contributed by atoms with E-state index in [9.17, 15) is 9.59 Å². The fourth-order valence-electron chi connectivity index (χ4n) is 3.57. The maximum atomic E-state index is 12.9. The van der Waals surface area contributed by atoms with Gasteiger partial charge in [-0.2, -0.15) is 0 Å². The lowest BCUT2D eigenvalue weighted by Crippen LogP contribution is -2.17. The topological polar surface area (TPSA) is 68.5 Å². The molecule has 1 N–H and O–H groups in total.